The lowest BCUT2D eigenvalue weighted by molar-refractivity contribution is 0.0693. The number of carboxylic acid groups (broad SMARTS) is 1. The zero-order valence-electron chi connectivity index (χ0n) is 15.7. The number of carbonyl (C=O) groups is 2. The van der Waals surface area contributed by atoms with Crippen molar-refractivity contribution in [2.45, 2.75) is 12.5 Å². The second-order valence-corrected chi connectivity index (χ2v) is 7.53. The summed E-state index contributed by atoms with van der Waals surface area (Å²) in [5.74, 6) is -1.17. The molecule has 0 saturated heterocycles. The molecule has 0 bridgehead atoms. The van der Waals surface area contributed by atoms with Gasteiger partial charge in [-0.15, -0.1) is 11.3 Å². The van der Waals surface area contributed by atoms with Crippen molar-refractivity contribution in [1.29, 1.82) is 0 Å². The first-order chi connectivity index (χ1) is 14.1. The fourth-order valence-corrected chi connectivity index (χ4v) is 4.63. The zero-order valence-corrected chi connectivity index (χ0v) is 16.5. The summed E-state index contributed by atoms with van der Waals surface area (Å²) >= 11 is 1.14. The van der Waals surface area contributed by atoms with Gasteiger partial charge in [0.15, 0.2) is 0 Å². The van der Waals surface area contributed by atoms with E-state index >= 15 is 0 Å². The minimum atomic E-state index is -1.12. The molecule has 29 heavy (non-hydrogen) atoms. The first-order valence-electron chi connectivity index (χ1n) is 9.04. The second kappa shape index (κ2) is 8.06. The van der Waals surface area contributed by atoms with E-state index < -0.39 is 12.1 Å². The maximum Gasteiger partial charge on any atom is 0.412 e. The number of carboxylic acids is 1. The van der Waals surface area contributed by atoms with Crippen LogP contribution in [0.3, 0.4) is 0 Å². The molecule has 0 radical (unpaired) electrons. The molecule has 6 nitrogen and oxygen atoms in total. The van der Waals surface area contributed by atoms with Gasteiger partial charge >= 0.3 is 12.1 Å². The van der Waals surface area contributed by atoms with Crippen molar-refractivity contribution in [3.05, 3.63) is 76.2 Å². The highest BCUT2D eigenvalue weighted by Gasteiger charge is 2.29. The number of carbonyl (C=O) groups excluding carboxylic acids is 1. The average molecular weight is 409 g/mol. The van der Waals surface area contributed by atoms with Gasteiger partial charge < -0.3 is 14.6 Å². The Morgan fingerprint density at radius 2 is 1.69 bits per heavy atom. The topological polar surface area (TPSA) is 84.9 Å². The number of thiophene rings is 1. The molecule has 0 saturated carbocycles. The van der Waals surface area contributed by atoms with Crippen LogP contribution in [-0.4, -0.2) is 30.9 Å². The van der Waals surface area contributed by atoms with E-state index in [0.717, 1.165) is 33.6 Å². The summed E-state index contributed by atoms with van der Waals surface area (Å²) in [5.41, 5.74) is 5.07. The van der Waals surface area contributed by atoms with Crippen molar-refractivity contribution in [1.82, 2.24) is 0 Å². The number of rotatable bonds is 6. The molecular weight excluding hydrogens is 390 g/mol. The third kappa shape index (κ3) is 3.62. The van der Waals surface area contributed by atoms with Crippen LogP contribution in [0.25, 0.3) is 11.1 Å². The quantitative estimate of drug-likeness (QED) is 0.601. The lowest BCUT2D eigenvalue weighted by Crippen LogP contribution is -2.18. The zero-order chi connectivity index (χ0) is 20.4. The molecule has 1 amide bonds. The van der Waals surface area contributed by atoms with Crippen molar-refractivity contribution < 1.29 is 24.2 Å². The van der Waals surface area contributed by atoms with Crippen LogP contribution < -0.4 is 5.32 Å². The number of benzene rings is 2. The van der Waals surface area contributed by atoms with E-state index in [9.17, 15) is 14.7 Å². The van der Waals surface area contributed by atoms with Crippen molar-refractivity contribution in [2.24, 2.45) is 0 Å². The SMILES string of the molecule is COCc1csc(NC(=O)OCC2c3ccccc3-c3ccccc32)c1C(=O)O. The summed E-state index contributed by atoms with van der Waals surface area (Å²) in [6.45, 7) is 0.322. The van der Waals surface area contributed by atoms with E-state index in [2.05, 4.69) is 17.4 Å². The summed E-state index contributed by atoms with van der Waals surface area (Å²) < 4.78 is 10.5. The maximum atomic E-state index is 12.4. The number of aromatic carboxylic acids is 1. The Hall–Kier alpha value is -3.16. The van der Waals surface area contributed by atoms with Crippen molar-refractivity contribution in [3.8, 4) is 11.1 Å². The minimum Gasteiger partial charge on any atom is -0.478 e. The Balaban J connectivity index is 1.49. The third-order valence-corrected chi connectivity index (χ3v) is 5.88. The number of amides is 1. The monoisotopic (exact) mass is 409 g/mol. The molecule has 0 aliphatic heterocycles. The van der Waals surface area contributed by atoms with Crippen LogP contribution in [0.1, 0.15) is 33.0 Å². The van der Waals surface area contributed by atoms with Gasteiger partial charge in [-0.1, -0.05) is 48.5 Å². The number of nitrogens with one attached hydrogen (secondary N) is 1. The molecular formula is C22H19NO5S. The maximum absolute atomic E-state index is 12.4. The highest BCUT2D eigenvalue weighted by atomic mass is 32.1. The molecule has 1 heterocycles. The number of methoxy groups -OCH3 is 1. The van der Waals surface area contributed by atoms with Gasteiger partial charge in [0.25, 0.3) is 0 Å². The number of ether oxygens (including phenoxy) is 2. The van der Waals surface area contributed by atoms with Gasteiger partial charge in [0.2, 0.25) is 0 Å². The van der Waals surface area contributed by atoms with Gasteiger partial charge in [-0.2, -0.15) is 0 Å². The fourth-order valence-electron chi connectivity index (χ4n) is 3.71. The van der Waals surface area contributed by atoms with E-state index in [1.807, 2.05) is 36.4 Å². The van der Waals surface area contributed by atoms with Gasteiger partial charge in [-0.25, -0.2) is 9.59 Å². The molecule has 0 spiro atoms. The molecule has 3 aromatic rings. The van der Waals surface area contributed by atoms with Crippen LogP contribution in [0.15, 0.2) is 53.9 Å². The molecule has 1 aliphatic carbocycles. The van der Waals surface area contributed by atoms with Gasteiger partial charge in [0, 0.05) is 18.6 Å². The minimum absolute atomic E-state index is 0.0327. The average Bonchev–Trinajstić information content (AvgIpc) is 3.26. The number of hydrogen-bond acceptors (Lipinski definition) is 5. The van der Waals surface area contributed by atoms with E-state index in [1.54, 1.807) is 5.38 Å². The Kier molecular flexibility index (Phi) is 5.33. The number of fused-ring (bicyclic) bond motifs is 3. The Labute approximate surface area is 171 Å². The van der Waals surface area contributed by atoms with E-state index in [-0.39, 0.29) is 29.7 Å². The molecule has 2 N–H and O–H groups in total. The molecule has 0 unspecified atom stereocenters. The van der Waals surface area contributed by atoms with Gasteiger partial charge in [-0.05, 0) is 27.6 Å². The van der Waals surface area contributed by atoms with Gasteiger partial charge in [-0.3, -0.25) is 5.32 Å². The lowest BCUT2D eigenvalue weighted by Gasteiger charge is -2.14. The molecule has 0 fully saturated rings. The lowest BCUT2D eigenvalue weighted by atomic mass is 9.98. The standard InChI is InChI=1S/C22H19NO5S/c1-27-10-13-12-29-20(19(13)21(24)25)23-22(26)28-11-18-16-8-4-2-6-14(16)15-7-3-5-9-17(15)18/h2-9,12,18H,10-11H2,1H3,(H,23,26)(H,24,25). The second-order valence-electron chi connectivity index (χ2n) is 6.65. The fraction of sp³-hybridized carbons (Fsp3) is 0.182. The molecule has 7 heteroatoms. The molecule has 1 aromatic heterocycles. The van der Waals surface area contributed by atoms with E-state index in [1.165, 1.54) is 7.11 Å². The Bertz CT molecular complexity index is 1030. The molecule has 2 aromatic carbocycles. The highest BCUT2D eigenvalue weighted by molar-refractivity contribution is 7.15. The summed E-state index contributed by atoms with van der Waals surface area (Å²) in [6.07, 6.45) is -0.680. The van der Waals surface area contributed by atoms with Crippen molar-refractivity contribution >= 4 is 28.4 Å². The van der Waals surface area contributed by atoms with Crippen LogP contribution in [0.2, 0.25) is 0 Å². The van der Waals surface area contributed by atoms with Crippen LogP contribution in [0.5, 0.6) is 0 Å². The molecule has 4 rings (SSSR count). The van der Waals surface area contributed by atoms with Gasteiger partial charge in [0.1, 0.15) is 11.6 Å². The normalized spacial score (nSPS) is 12.3. The Morgan fingerprint density at radius 3 is 2.28 bits per heavy atom. The van der Waals surface area contributed by atoms with Gasteiger partial charge in [0.05, 0.1) is 12.2 Å². The smallest absolute Gasteiger partial charge is 0.412 e. The third-order valence-electron chi connectivity index (χ3n) is 4.94. The van der Waals surface area contributed by atoms with E-state index in [0.29, 0.717) is 5.56 Å². The van der Waals surface area contributed by atoms with Crippen LogP contribution in [0.4, 0.5) is 9.80 Å². The summed E-state index contributed by atoms with van der Waals surface area (Å²) in [7, 11) is 1.49. The van der Waals surface area contributed by atoms with E-state index in [4.69, 9.17) is 9.47 Å². The number of hydrogen-bond donors (Lipinski definition) is 2. The first kappa shape index (κ1) is 19.2. The first-order valence-corrected chi connectivity index (χ1v) is 9.92. The summed E-state index contributed by atoms with van der Waals surface area (Å²) in [5, 5.41) is 13.9. The summed E-state index contributed by atoms with van der Waals surface area (Å²) in [4.78, 5) is 23.9. The molecule has 1 aliphatic rings. The predicted molar refractivity (Wildman–Crippen MR) is 111 cm³/mol. The predicted octanol–water partition coefficient (Wildman–Crippen LogP) is 4.95. The molecule has 0 atom stereocenters. The summed E-state index contributed by atoms with van der Waals surface area (Å²) in [6, 6.07) is 16.1. The van der Waals surface area contributed by atoms with Crippen LogP contribution in [-0.2, 0) is 16.1 Å². The van der Waals surface area contributed by atoms with Crippen molar-refractivity contribution in [3.63, 3.8) is 0 Å². The van der Waals surface area contributed by atoms with Crippen LogP contribution >= 0.6 is 11.3 Å². The number of anilines is 1. The Morgan fingerprint density at radius 1 is 1.07 bits per heavy atom. The highest BCUT2D eigenvalue weighted by Crippen LogP contribution is 2.44. The van der Waals surface area contributed by atoms with Crippen LogP contribution in [0, 0.1) is 0 Å². The van der Waals surface area contributed by atoms with Crippen molar-refractivity contribution in [2.75, 3.05) is 19.0 Å². The molecule has 148 valence electrons. The largest absolute Gasteiger partial charge is 0.478 e.